The van der Waals surface area contributed by atoms with E-state index in [4.69, 9.17) is 19.6 Å². The van der Waals surface area contributed by atoms with Crippen LogP contribution in [0.1, 0.15) is 5.56 Å². The molecule has 0 atom stereocenters. The molecule has 1 saturated heterocycles. The number of hydrogen-bond acceptors (Lipinski definition) is 7. The van der Waals surface area contributed by atoms with Crippen molar-refractivity contribution in [3.8, 4) is 17.0 Å². The average molecular weight is 428 g/mol. The normalized spacial score (nSPS) is 14.2. The Morgan fingerprint density at radius 3 is 2.56 bits per heavy atom. The quantitative estimate of drug-likeness (QED) is 0.373. The SMILES string of the molecule is COc1ccc(C=NNc2cc(N3CCOCC3)n3nc(-c4ccccc4)cc3n2)cc1. The lowest BCUT2D eigenvalue weighted by Gasteiger charge is -2.29. The van der Waals surface area contributed by atoms with Gasteiger partial charge in [-0.2, -0.15) is 14.7 Å². The highest BCUT2D eigenvalue weighted by Crippen LogP contribution is 2.25. The molecule has 0 saturated carbocycles. The topological polar surface area (TPSA) is 76.3 Å². The van der Waals surface area contributed by atoms with Gasteiger partial charge in [-0.05, 0) is 29.8 Å². The molecular weight excluding hydrogens is 404 g/mol. The lowest BCUT2D eigenvalue weighted by molar-refractivity contribution is 0.122. The van der Waals surface area contributed by atoms with Gasteiger partial charge in [0, 0.05) is 30.8 Å². The van der Waals surface area contributed by atoms with Gasteiger partial charge in [0.1, 0.15) is 11.6 Å². The van der Waals surface area contributed by atoms with Crippen LogP contribution in [0.25, 0.3) is 16.9 Å². The third-order valence-corrected chi connectivity index (χ3v) is 5.32. The second-order valence-electron chi connectivity index (χ2n) is 7.41. The largest absolute Gasteiger partial charge is 0.497 e. The fourth-order valence-corrected chi connectivity index (χ4v) is 3.65. The summed E-state index contributed by atoms with van der Waals surface area (Å²) in [6.07, 6.45) is 1.76. The summed E-state index contributed by atoms with van der Waals surface area (Å²) < 4.78 is 12.6. The molecule has 3 heterocycles. The molecule has 0 amide bonds. The molecule has 5 rings (SSSR count). The van der Waals surface area contributed by atoms with Crippen LogP contribution >= 0.6 is 0 Å². The van der Waals surface area contributed by atoms with Crippen molar-refractivity contribution in [1.82, 2.24) is 14.6 Å². The van der Waals surface area contributed by atoms with E-state index in [1.54, 1.807) is 13.3 Å². The van der Waals surface area contributed by atoms with Gasteiger partial charge in [0.2, 0.25) is 0 Å². The molecule has 2 aromatic carbocycles. The minimum absolute atomic E-state index is 0.656. The molecule has 2 aromatic heterocycles. The van der Waals surface area contributed by atoms with Crippen molar-refractivity contribution in [1.29, 1.82) is 0 Å². The molecule has 0 radical (unpaired) electrons. The molecule has 8 heteroatoms. The molecule has 1 aliphatic rings. The van der Waals surface area contributed by atoms with Gasteiger partial charge >= 0.3 is 0 Å². The molecule has 1 fully saturated rings. The van der Waals surface area contributed by atoms with Crippen LogP contribution < -0.4 is 15.1 Å². The molecular formula is C24H24N6O2. The van der Waals surface area contributed by atoms with E-state index in [0.717, 1.165) is 47.1 Å². The number of morpholine rings is 1. The van der Waals surface area contributed by atoms with Gasteiger partial charge in [-0.15, -0.1) is 0 Å². The number of hydrazone groups is 1. The Kier molecular flexibility index (Phi) is 5.67. The van der Waals surface area contributed by atoms with Crippen molar-refractivity contribution in [3.05, 3.63) is 72.3 Å². The second kappa shape index (κ2) is 9.07. The lowest BCUT2D eigenvalue weighted by Crippen LogP contribution is -2.37. The number of fused-ring (bicyclic) bond motifs is 1. The molecule has 162 valence electrons. The van der Waals surface area contributed by atoms with Gasteiger partial charge in [0.25, 0.3) is 0 Å². The van der Waals surface area contributed by atoms with E-state index in [9.17, 15) is 0 Å². The van der Waals surface area contributed by atoms with E-state index in [0.29, 0.717) is 19.0 Å². The third-order valence-electron chi connectivity index (χ3n) is 5.32. The molecule has 0 bridgehead atoms. The molecule has 0 spiro atoms. The zero-order valence-electron chi connectivity index (χ0n) is 17.8. The van der Waals surface area contributed by atoms with Crippen LogP contribution in [0, 0.1) is 0 Å². The van der Waals surface area contributed by atoms with Crippen molar-refractivity contribution in [2.45, 2.75) is 0 Å². The standard InChI is InChI=1S/C24H24N6O2/c1-31-20-9-7-18(8-10-20)17-25-27-22-16-24(29-11-13-32-14-12-29)30-23(26-22)15-21(28-30)19-5-3-2-4-6-19/h2-10,15-17H,11-14H2,1H3,(H,26,27). The smallest absolute Gasteiger partial charge is 0.160 e. The van der Waals surface area contributed by atoms with Gasteiger partial charge in [-0.1, -0.05) is 30.3 Å². The van der Waals surface area contributed by atoms with Gasteiger partial charge < -0.3 is 14.4 Å². The van der Waals surface area contributed by atoms with Crippen molar-refractivity contribution in [3.63, 3.8) is 0 Å². The van der Waals surface area contributed by atoms with E-state index in [1.165, 1.54) is 0 Å². The summed E-state index contributed by atoms with van der Waals surface area (Å²) in [6, 6.07) is 21.8. The summed E-state index contributed by atoms with van der Waals surface area (Å²) in [7, 11) is 1.65. The zero-order chi connectivity index (χ0) is 21.8. The monoisotopic (exact) mass is 428 g/mol. The number of rotatable bonds is 6. The van der Waals surface area contributed by atoms with E-state index in [2.05, 4.69) is 27.6 Å². The van der Waals surface area contributed by atoms with Crippen LogP contribution in [-0.2, 0) is 4.74 Å². The first kappa shape index (κ1) is 20.0. The first-order chi connectivity index (χ1) is 15.8. The summed E-state index contributed by atoms with van der Waals surface area (Å²) in [5, 5.41) is 9.21. The number of aromatic nitrogens is 3. The van der Waals surface area contributed by atoms with Gasteiger partial charge in [0.15, 0.2) is 11.5 Å². The highest BCUT2D eigenvalue weighted by atomic mass is 16.5. The Morgan fingerprint density at radius 2 is 1.81 bits per heavy atom. The molecule has 0 aliphatic carbocycles. The molecule has 32 heavy (non-hydrogen) atoms. The maximum absolute atomic E-state index is 5.53. The zero-order valence-corrected chi connectivity index (χ0v) is 17.8. The van der Waals surface area contributed by atoms with Crippen LogP contribution in [0.15, 0.2) is 71.8 Å². The lowest BCUT2D eigenvalue weighted by atomic mass is 10.2. The van der Waals surface area contributed by atoms with Crippen LogP contribution in [0.2, 0.25) is 0 Å². The number of nitrogens with one attached hydrogen (secondary N) is 1. The number of hydrogen-bond donors (Lipinski definition) is 1. The molecule has 1 aliphatic heterocycles. The van der Waals surface area contributed by atoms with Crippen molar-refractivity contribution >= 4 is 23.5 Å². The second-order valence-corrected chi connectivity index (χ2v) is 7.41. The Labute approximate surface area is 186 Å². The number of ether oxygens (including phenoxy) is 2. The summed E-state index contributed by atoms with van der Waals surface area (Å²) in [5.41, 5.74) is 6.73. The fraction of sp³-hybridized carbons (Fsp3) is 0.208. The third kappa shape index (κ3) is 4.26. The van der Waals surface area contributed by atoms with E-state index >= 15 is 0 Å². The molecule has 0 unspecified atom stereocenters. The predicted molar refractivity (Wildman–Crippen MR) is 126 cm³/mol. The maximum atomic E-state index is 5.53. The van der Waals surface area contributed by atoms with Crippen LogP contribution in [0.4, 0.5) is 11.6 Å². The molecule has 4 aromatic rings. The van der Waals surface area contributed by atoms with Crippen LogP contribution in [0.5, 0.6) is 5.75 Å². The number of benzene rings is 2. The average Bonchev–Trinajstić information content (AvgIpc) is 3.29. The van der Waals surface area contributed by atoms with Crippen molar-refractivity contribution in [2.24, 2.45) is 5.10 Å². The Hall–Kier alpha value is -3.91. The highest BCUT2D eigenvalue weighted by Gasteiger charge is 2.18. The van der Waals surface area contributed by atoms with Crippen molar-refractivity contribution in [2.75, 3.05) is 43.7 Å². The number of methoxy groups -OCH3 is 1. The summed E-state index contributed by atoms with van der Waals surface area (Å²) in [6.45, 7) is 2.98. The van der Waals surface area contributed by atoms with Crippen LogP contribution in [0.3, 0.4) is 0 Å². The minimum atomic E-state index is 0.656. The number of nitrogens with zero attached hydrogens (tertiary/aromatic N) is 5. The summed E-state index contributed by atoms with van der Waals surface area (Å²) in [5.74, 6) is 2.43. The van der Waals surface area contributed by atoms with Gasteiger partial charge in [-0.3, -0.25) is 5.43 Å². The molecule has 8 nitrogen and oxygen atoms in total. The van der Waals surface area contributed by atoms with Gasteiger partial charge in [-0.25, -0.2) is 4.98 Å². The van der Waals surface area contributed by atoms with Gasteiger partial charge in [0.05, 0.1) is 32.2 Å². The van der Waals surface area contributed by atoms with E-state index in [1.807, 2.05) is 59.1 Å². The first-order valence-electron chi connectivity index (χ1n) is 10.5. The Bertz CT molecular complexity index is 1210. The van der Waals surface area contributed by atoms with Crippen molar-refractivity contribution < 1.29 is 9.47 Å². The Morgan fingerprint density at radius 1 is 1.03 bits per heavy atom. The molecule has 1 N–H and O–H groups in total. The minimum Gasteiger partial charge on any atom is -0.497 e. The predicted octanol–water partition coefficient (Wildman–Crippen LogP) is 3.69. The van der Waals surface area contributed by atoms with E-state index < -0.39 is 0 Å². The van der Waals surface area contributed by atoms with E-state index in [-0.39, 0.29) is 0 Å². The van der Waals surface area contributed by atoms with Crippen LogP contribution in [-0.4, -0.2) is 54.2 Å². The Balaban J connectivity index is 1.47. The summed E-state index contributed by atoms with van der Waals surface area (Å²) in [4.78, 5) is 7.00. The number of anilines is 2. The maximum Gasteiger partial charge on any atom is 0.160 e. The first-order valence-corrected chi connectivity index (χ1v) is 10.5. The summed E-state index contributed by atoms with van der Waals surface area (Å²) >= 11 is 0. The highest BCUT2D eigenvalue weighted by molar-refractivity contribution is 5.80. The fourth-order valence-electron chi connectivity index (χ4n) is 3.65.